The molecule has 3 N–H and O–H groups in total. The topological polar surface area (TPSA) is 86.2 Å². The second-order valence-corrected chi connectivity index (χ2v) is 6.72. The smallest absolute Gasteiger partial charge is 0.222 e. The van der Waals surface area contributed by atoms with Gasteiger partial charge in [0, 0.05) is 45.3 Å². The highest BCUT2D eigenvalue weighted by atomic mass is 16.6. The molecule has 0 aromatic heterocycles. The van der Waals surface area contributed by atoms with E-state index in [1.807, 2.05) is 64.0 Å². The van der Waals surface area contributed by atoms with Gasteiger partial charge in [-0.15, -0.1) is 0 Å². The van der Waals surface area contributed by atoms with Crippen LogP contribution in [0.5, 0.6) is 0 Å². The summed E-state index contributed by atoms with van der Waals surface area (Å²) in [5.74, 6) is 0.00767. The first-order valence-electron chi connectivity index (χ1n) is 8.92. The zero-order chi connectivity index (χ0) is 19.5. The Balaban J connectivity index is 2.24. The first kappa shape index (κ1) is 21.9. The van der Waals surface area contributed by atoms with E-state index in [0.717, 1.165) is 17.0 Å². The fraction of sp³-hybridized carbons (Fsp3) is 0.579. The highest BCUT2D eigenvalue weighted by Crippen LogP contribution is 2.12. The van der Waals surface area contributed by atoms with Crippen molar-refractivity contribution >= 4 is 17.3 Å². The number of hydrogen-bond acceptors (Lipinski definition) is 6. The van der Waals surface area contributed by atoms with Gasteiger partial charge in [-0.3, -0.25) is 4.79 Å². The number of oxime groups is 1. The van der Waals surface area contributed by atoms with E-state index in [-0.39, 0.29) is 18.4 Å². The minimum atomic E-state index is -0.663. The predicted molar refractivity (Wildman–Crippen MR) is 106 cm³/mol. The van der Waals surface area contributed by atoms with E-state index in [4.69, 9.17) is 4.84 Å². The van der Waals surface area contributed by atoms with Crippen LogP contribution < -0.4 is 15.5 Å². The molecule has 1 atom stereocenters. The summed E-state index contributed by atoms with van der Waals surface area (Å²) in [7, 11) is 3.99. The van der Waals surface area contributed by atoms with Gasteiger partial charge in [0.15, 0.2) is 0 Å². The summed E-state index contributed by atoms with van der Waals surface area (Å²) < 4.78 is 0. The zero-order valence-electron chi connectivity index (χ0n) is 16.5. The molecule has 0 aliphatic carbocycles. The number of rotatable bonds is 11. The van der Waals surface area contributed by atoms with Crippen molar-refractivity contribution in [2.24, 2.45) is 11.1 Å². The lowest BCUT2D eigenvalue weighted by molar-refractivity contribution is -0.123. The fourth-order valence-electron chi connectivity index (χ4n) is 2.08. The molecule has 7 heteroatoms. The lowest BCUT2D eigenvalue weighted by atomic mass is 10.1. The SMILES string of the molecule is CC(=NOCC(O)CNCCNC(=O)C(C)C)c1ccc(N(C)C)cc1. The number of benzene rings is 1. The molecule has 1 aromatic carbocycles. The summed E-state index contributed by atoms with van der Waals surface area (Å²) in [4.78, 5) is 18.7. The van der Waals surface area contributed by atoms with Crippen molar-refractivity contribution in [3.63, 3.8) is 0 Å². The van der Waals surface area contributed by atoms with Gasteiger partial charge in [0.25, 0.3) is 0 Å². The van der Waals surface area contributed by atoms with E-state index in [1.165, 1.54) is 0 Å². The quantitative estimate of drug-likeness (QED) is 0.312. The first-order valence-corrected chi connectivity index (χ1v) is 8.92. The Kier molecular flexibility index (Phi) is 9.69. The summed E-state index contributed by atoms with van der Waals surface area (Å²) in [6.45, 7) is 7.18. The monoisotopic (exact) mass is 364 g/mol. The van der Waals surface area contributed by atoms with E-state index in [9.17, 15) is 9.90 Å². The predicted octanol–water partition coefficient (Wildman–Crippen LogP) is 1.22. The van der Waals surface area contributed by atoms with Crippen molar-refractivity contribution in [3.05, 3.63) is 29.8 Å². The van der Waals surface area contributed by atoms with Crippen molar-refractivity contribution in [3.8, 4) is 0 Å². The molecule has 0 radical (unpaired) electrons. The van der Waals surface area contributed by atoms with Crippen LogP contribution in [0.25, 0.3) is 0 Å². The second-order valence-electron chi connectivity index (χ2n) is 6.72. The Hall–Kier alpha value is -2.12. The molecule has 1 amide bonds. The third kappa shape index (κ3) is 8.31. The van der Waals surface area contributed by atoms with E-state index in [0.29, 0.717) is 19.6 Å². The van der Waals surface area contributed by atoms with Gasteiger partial charge >= 0.3 is 0 Å². The summed E-state index contributed by atoms with van der Waals surface area (Å²) in [6, 6.07) is 8.01. The second kappa shape index (κ2) is 11.5. The van der Waals surface area contributed by atoms with Gasteiger partial charge in [-0.25, -0.2) is 0 Å². The molecular weight excluding hydrogens is 332 g/mol. The zero-order valence-corrected chi connectivity index (χ0v) is 16.5. The highest BCUT2D eigenvalue weighted by molar-refractivity contribution is 5.98. The van der Waals surface area contributed by atoms with Gasteiger partial charge < -0.3 is 25.5 Å². The van der Waals surface area contributed by atoms with Crippen molar-refractivity contribution in [1.29, 1.82) is 0 Å². The van der Waals surface area contributed by atoms with E-state index >= 15 is 0 Å². The third-order valence-electron chi connectivity index (χ3n) is 3.78. The lowest BCUT2D eigenvalue weighted by Crippen LogP contribution is -2.37. The van der Waals surface area contributed by atoms with Crippen molar-refractivity contribution in [2.45, 2.75) is 26.9 Å². The van der Waals surface area contributed by atoms with Crippen LogP contribution in [0.2, 0.25) is 0 Å². The van der Waals surface area contributed by atoms with Crippen LogP contribution in [0, 0.1) is 5.92 Å². The van der Waals surface area contributed by atoms with Crippen LogP contribution in [0.4, 0.5) is 5.69 Å². The Bertz CT molecular complexity index is 571. The van der Waals surface area contributed by atoms with Crippen molar-refractivity contribution in [2.75, 3.05) is 45.2 Å². The number of hydrogen-bond donors (Lipinski definition) is 3. The molecule has 0 aliphatic heterocycles. The fourth-order valence-corrected chi connectivity index (χ4v) is 2.08. The van der Waals surface area contributed by atoms with Crippen molar-refractivity contribution < 1.29 is 14.7 Å². The average molecular weight is 364 g/mol. The standard InChI is InChI=1S/C19H32N4O3/c1-14(2)19(25)21-11-10-20-12-18(24)13-26-22-15(3)16-6-8-17(9-7-16)23(4)5/h6-9,14,18,20,24H,10-13H2,1-5H3,(H,21,25). The number of aliphatic hydroxyl groups excluding tert-OH is 1. The number of nitrogens with one attached hydrogen (secondary N) is 2. The number of carbonyl (C=O) groups is 1. The Labute approximate surface area is 156 Å². The number of aliphatic hydroxyl groups is 1. The molecule has 0 fully saturated rings. The highest BCUT2D eigenvalue weighted by Gasteiger charge is 2.07. The van der Waals surface area contributed by atoms with Gasteiger partial charge in [0.2, 0.25) is 5.91 Å². The summed E-state index contributed by atoms with van der Waals surface area (Å²) >= 11 is 0. The molecule has 0 bridgehead atoms. The Morgan fingerprint density at radius 3 is 2.46 bits per heavy atom. The number of carbonyl (C=O) groups excluding carboxylic acids is 1. The van der Waals surface area contributed by atoms with E-state index in [2.05, 4.69) is 15.8 Å². The van der Waals surface area contributed by atoms with Crippen LogP contribution in [-0.2, 0) is 9.63 Å². The molecule has 0 spiro atoms. The molecule has 26 heavy (non-hydrogen) atoms. The molecule has 1 aromatic rings. The third-order valence-corrected chi connectivity index (χ3v) is 3.78. The molecular formula is C19H32N4O3. The molecule has 0 saturated heterocycles. The number of amides is 1. The Morgan fingerprint density at radius 1 is 1.23 bits per heavy atom. The summed E-state index contributed by atoms with van der Waals surface area (Å²) in [5.41, 5.74) is 2.85. The van der Waals surface area contributed by atoms with Crippen LogP contribution >= 0.6 is 0 Å². The van der Waals surface area contributed by atoms with Gasteiger partial charge in [-0.1, -0.05) is 31.1 Å². The van der Waals surface area contributed by atoms with Crippen LogP contribution in [0.3, 0.4) is 0 Å². The van der Waals surface area contributed by atoms with E-state index < -0.39 is 6.10 Å². The number of nitrogens with zero attached hydrogens (tertiary/aromatic N) is 2. The molecule has 146 valence electrons. The van der Waals surface area contributed by atoms with Gasteiger partial charge in [-0.2, -0.15) is 0 Å². The van der Waals surface area contributed by atoms with Crippen LogP contribution in [0.15, 0.2) is 29.4 Å². The minimum Gasteiger partial charge on any atom is -0.393 e. The molecule has 0 aliphatic rings. The van der Waals surface area contributed by atoms with Gasteiger partial charge in [0.1, 0.15) is 12.7 Å². The molecule has 7 nitrogen and oxygen atoms in total. The minimum absolute atomic E-state index is 0.0193. The molecule has 0 heterocycles. The van der Waals surface area contributed by atoms with Crippen LogP contribution in [0.1, 0.15) is 26.3 Å². The summed E-state index contributed by atoms with van der Waals surface area (Å²) in [6.07, 6.45) is -0.663. The van der Waals surface area contributed by atoms with Gasteiger partial charge in [-0.05, 0) is 24.6 Å². The number of anilines is 1. The largest absolute Gasteiger partial charge is 0.393 e. The average Bonchev–Trinajstić information content (AvgIpc) is 2.61. The normalized spacial score (nSPS) is 12.8. The molecule has 1 rings (SSSR count). The maximum Gasteiger partial charge on any atom is 0.222 e. The van der Waals surface area contributed by atoms with Gasteiger partial charge in [0.05, 0.1) is 5.71 Å². The first-order chi connectivity index (χ1) is 12.3. The molecule has 0 saturated carbocycles. The lowest BCUT2D eigenvalue weighted by Gasteiger charge is -2.13. The molecule has 1 unspecified atom stereocenters. The Morgan fingerprint density at radius 2 is 1.88 bits per heavy atom. The maximum atomic E-state index is 11.4. The van der Waals surface area contributed by atoms with E-state index in [1.54, 1.807) is 0 Å². The van der Waals surface area contributed by atoms with Crippen molar-refractivity contribution in [1.82, 2.24) is 10.6 Å². The maximum absolute atomic E-state index is 11.4. The summed E-state index contributed by atoms with van der Waals surface area (Å²) in [5, 5.41) is 19.8. The van der Waals surface area contributed by atoms with Crippen LogP contribution in [-0.4, -0.2) is 63.2 Å².